The molecule has 2 rings (SSSR count). The molecule has 4 nitrogen and oxygen atoms in total. The third-order valence-electron chi connectivity index (χ3n) is 3.69. The average Bonchev–Trinajstić information content (AvgIpc) is 2.66. The highest BCUT2D eigenvalue weighted by molar-refractivity contribution is 6.16. The molecule has 96 valence electrons. The van der Waals surface area contributed by atoms with Crippen molar-refractivity contribution in [1.29, 1.82) is 0 Å². The summed E-state index contributed by atoms with van der Waals surface area (Å²) in [6.07, 6.45) is 1.80. The predicted molar refractivity (Wildman–Crippen MR) is 71.7 cm³/mol. The summed E-state index contributed by atoms with van der Waals surface area (Å²) in [7, 11) is 10.8. The Morgan fingerprint density at radius 1 is 0.833 bits per heavy atom. The highest BCUT2D eigenvalue weighted by atomic mass is 16.2. The minimum Gasteiger partial charge on any atom is -0.394 e. The molecule has 0 aromatic rings. The van der Waals surface area contributed by atoms with Crippen molar-refractivity contribution >= 4 is 27.8 Å². The lowest BCUT2D eigenvalue weighted by Gasteiger charge is -2.14. The van der Waals surface area contributed by atoms with Crippen LogP contribution >= 0.6 is 0 Å². The van der Waals surface area contributed by atoms with Gasteiger partial charge in [0.25, 0.3) is 0 Å². The first-order chi connectivity index (χ1) is 8.25. The van der Waals surface area contributed by atoms with Gasteiger partial charge < -0.3 is 9.62 Å². The maximum absolute atomic E-state index is 10.9. The monoisotopic (exact) mass is 246 g/mol. The van der Waals surface area contributed by atoms with Crippen LogP contribution in [-0.4, -0.2) is 49.5 Å². The molecule has 2 amide bonds. The second kappa shape index (κ2) is 5.81. The molecule has 0 aromatic carbocycles. The number of hydrogen-bond donors (Lipinski definition) is 0. The van der Waals surface area contributed by atoms with E-state index in [0.29, 0.717) is 0 Å². The van der Waals surface area contributed by atoms with Gasteiger partial charge in [-0.1, -0.05) is 13.8 Å². The van der Waals surface area contributed by atoms with E-state index in [2.05, 4.69) is 0 Å². The molecule has 2 heterocycles. The quantitative estimate of drug-likeness (QED) is 0.589. The Morgan fingerprint density at radius 3 is 1.17 bits per heavy atom. The Kier molecular flexibility index (Phi) is 4.88. The molecule has 0 N–H and O–H groups in total. The molecule has 0 aromatic heterocycles. The van der Waals surface area contributed by atoms with Crippen molar-refractivity contribution in [3.8, 4) is 0 Å². The summed E-state index contributed by atoms with van der Waals surface area (Å²) in [6.45, 7) is 7.74. The van der Waals surface area contributed by atoms with Crippen LogP contribution in [0.1, 0.15) is 40.5 Å². The van der Waals surface area contributed by atoms with Gasteiger partial charge in [0, 0.05) is 23.9 Å². The van der Waals surface area contributed by atoms with E-state index < -0.39 is 0 Å². The van der Waals surface area contributed by atoms with Gasteiger partial charge in [-0.05, 0) is 26.7 Å². The van der Waals surface area contributed by atoms with Crippen molar-refractivity contribution in [3.05, 3.63) is 0 Å². The molecule has 0 saturated carbocycles. The van der Waals surface area contributed by atoms with E-state index in [0.717, 1.165) is 12.8 Å². The van der Waals surface area contributed by atoms with Crippen LogP contribution in [0.15, 0.2) is 0 Å². The molecule has 18 heavy (non-hydrogen) atoms. The molecular formula is C12H20B2N2O2. The van der Waals surface area contributed by atoms with Gasteiger partial charge >= 0.3 is 0 Å². The number of nitrogens with zero attached hydrogens (tertiary/aromatic N) is 2. The summed E-state index contributed by atoms with van der Waals surface area (Å²) in [4.78, 5) is 24.5. The van der Waals surface area contributed by atoms with E-state index in [1.165, 1.54) is 9.62 Å². The predicted octanol–water partition coefficient (Wildman–Crippen LogP) is 0.654. The smallest absolute Gasteiger partial charge is 0.230 e. The molecule has 4 radical (unpaired) electrons. The fraction of sp³-hybridized carbons (Fsp3) is 0.833. The topological polar surface area (TPSA) is 40.6 Å². The number of carbonyl (C=O) groups is 2. The number of rotatable bonds is 0. The van der Waals surface area contributed by atoms with E-state index in [1.807, 2.05) is 27.7 Å². The van der Waals surface area contributed by atoms with Crippen molar-refractivity contribution in [2.75, 3.05) is 0 Å². The van der Waals surface area contributed by atoms with Crippen LogP contribution in [0.3, 0.4) is 0 Å². The van der Waals surface area contributed by atoms with Gasteiger partial charge in [0.1, 0.15) is 0 Å². The highest BCUT2D eigenvalue weighted by Crippen LogP contribution is 2.21. The van der Waals surface area contributed by atoms with Crippen LogP contribution in [0.4, 0.5) is 0 Å². The van der Waals surface area contributed by atoms with Crippen molar-refractivity contribution in [1.82, 2.24) is 9.62 Å². The van der Waals surface area contributed by atoms with E-state index in [1.54, 1.807) is 0 Å². The summed E-state index contributed by atoms with van der Waals surface area (Å²) in [6, 6.07) is 0.458. The fourth-order valence-electron chi connectivity index (χ4n) is 2.40. The molecule has 0 bridgehead atoms. The first-order valence-electron chi connectivity index (χ1n) is 6.41. The Bertz CT molecular complexity index is 306. The van der Waals surface area contributed by atoms with E-state index in [4.69, 9.17) is 16.0 Å². The standard InChI is InChI=1S/2C6H10BNO/c2*1-4-3-5(2)8(7)6(4)9/h2*4-5H,3H2,1-2H3. The van der Waals surface area contributed by atoms with Gasteiger partial charge in [-0.2, -0.15) is 0 Å². The fourth-order valence-corrected chi connectivity index (χ4v) is 2.40. The first-order valence-corrected chi connectivity index (χ1v) is 6.41. The third kappa shape index (κ3) is 3.09. The minimum atomic E-state index is 0.0718. The molecule has 2 aliphatic rings. The zero-order valence-corrected chi connectivity index (χ0v) is 11.6. The van der Waals surface area contributed by atoms with Crippen LogP contribution in [0.25, 0.3) is 0 Å². The Hall–Kier alpha value is -0.930. The maximum atomic E-state index is 10.9. The highest BCUT2D eigenvalue weighted by Gasteiger charge is 2.30. The SMILES string of the molecule is [B]N1C(=O)C(C)CC1C.[B]N1C(=O)C(C)CC1C. The van der Waals surface area contributed by atoms with Crippen molar-refractivity contribution in [2.45, 2.75) is 52.6 Å². The lowest BCUT2D eigenvalue weighted by atomic mass is 10.1. The van der Waals surface area contributed by atoms with Crippen LogP contribution in [0.5, 0.6) is 0 Å². The van der Waals surface area contributed by atoms with E-state index in [9.17, 15) is 9.59 Å². The van der Waals surface area contributed by atoms with Gasteiger partial charge in [0.15, 0.2) is 0 Å². The molecule has 0 aliphatic carbocycles. The summed E-state index contributed by atoms with van der Waals surface area (Å²) < 4.78 is 0. The zero-order valence-electron chi connectivity index (χ0n) is 11.6. The Balaban J connectivity index is 0.000000180. The molecule has 4 atom stereocenters. The van der Waals surface area contributed by atoms with E-state index in [-0.39, 0.29) is 35.7 Å². The lowest BCUT2D eigenvalue weighted by molar-refractivity contribution is -0.127. The molecular weight excluding hydrogens is 226 g/mol. The number of amides is 2. The van der Waals surface area contributed by atoms with Crippen molar-refractivity contribution < 1.29 is 9.59 Å². The molecule has 2 fully saturated rings. The van der Waals surface area contributed by atoms with E-state index >= 15 is 0 Å². The molecule has 0 spiro atoms. The molecule has 6 heteroatoms. The van der Waals surface area contributed by atoms with Gasteiger partial charge in [0.2, 0.25) is 27.8 Å². The number of hydrogen-bond acceptors (Lipinski definition) is 2. The van der Waals surface area contributed by atoms with Gasteiger partial charge in [0.05, 0.1) is 0 Å². The molecule has 4 unspecified atom stereocenters. The first kappa shape index (κ1) is 15.1. The van der Waals surface area contributed by atoms with Gasteiger partial charge in [-0.25, -0.2) is 0 Å². The second-order valence-corrected chi connectivity index (χ2v) is 5.46. The van der Waals surface area contributed by atoms with Crippen LogP contribution in [0.2, 0.25) is 0 Å². The maximum Gasteiger partial charge on any atom is 0.230 e. The van der Waals surface area contributed by atoms with Crippen molar-refractivity contribution in [3.63, 3.8) is 0 Å². The van der Waals surface area contributed by atoms with Crippen LogP contribution < -0.4 is 0 Å². The average molecular weight is 246 g/mol. The molecule has 2 saturated heterocycles. The lowest BCUT2D eigenvalue weighted by Crippen LogP contribution is -2.28. The zero-order chi connectivity index (χ0) is 14.0. The summed E-state index contributed by atoms with van der Waals surface area (Å²) in [5.74, 6) is 0.403. The largest absolute Gasteiger partial charge is 0.394 e. The van der Waals surface area contributed by atoms with Crippen molar-refractivity contribution in [2.24, 2.45) is 11.8 Å². The van der Waals surface area contributed by atoms with Crippen LogP contribution in [-0.2, 0) is 9.59 Å². The van der Waals surface area contributed by atoms with Crippen LogP contribution in [0, 0.1) is 11.8 Å². The Labute approximate surface area is 112 Å². The normalized spacial score (nSPS) is 35.8. The van der Waals surface area contributed by atoms with Gasteiger partial charge in [-0.3, -0.25) is 9.59 Å². The molecule has 2 aliphatic heterocycles. The third-order valence-corrected chi connectivity index (χ3v) is 3.69. The summed E-state index contributed by atoms with van der Waals surface area (Å²) in [5, 5.41) is 0. The summed E-state index contributed by atoms with van der Waals surface area (Å²) in [5.41, 5.74) is 0. The Morgan fingerprint density at radius 2 is 1.11 bits per heavy atom. The summed E-state index contributed by atoms with van der Waals surface area (Å²) >= 11 is 0. The minimum absolute atomic E-state index is 0.0718. The van der Waals surface area contributed by atoms with Gasteiger partial charge in [-0.15, -0.1) is 0 Å². The second-order valence-electron chi connectivity index (χ2n) is 5.46. The number of carbonyl (C=O) groups excluding carboxylic acids is 2.